The van der Waals surface area contributed by atoms with Gasteiger partial charge in [-0.15, -0.1) is 0 Å². The largest absolute Gasteiger partial charge is 0.479 e. The van der Waals surface area contributed by atoms with Gasteiger partial charge in [0.05, 0.1) is 76.8 Å². The number of imidazole rings is 3. The number of para-hydroxylation sites is 6. The number of aryl methyl sites for hydroxylation is 6. The highest BCUT2D eigenvalue weighted by Gasteiger charge is 2.40. The molecule has 133 heavy (non-hydrogen) atoms. The summed E-state index contributed by atoms with van der Waals surface area (Å²) in [6, 6.07) is 53.4. The molecule has 7 heterocycles. The average molecular weight is 1880 g/mol. The van der Waals surface area contributed by atoms with Crippen molar-refractivity contribution in [1.82, 2.24) is 49.0 Å². The highest BCUT2D eigenvalue weighted by Crippen LogP contribution is 2.47. The minimum atomic E-state index is -1.19. The Labute approximate surface area is 796 Å². The van der Waals surface area contributed by atoms with Gasteiger partial charge in [0.2, 0.25) is 0 Å². The molecule has 0 amide bonds. The number of rotatable bonds is 22. The summed E-state index contributed by atoms with van der Waals surface area (Å²) in [6.45, 7) is 43.0. The van der Waals surface area contributed by atoms with Gasteiger partial charge in [-0.3, -0.25) is 0 Å². The Balaban J connectivity index is 0.000000172. The number of aromatic carboxylic acids is 1. The van der Waals surface area contributed by atoms with E-state index < -0.39 is 76.7 Å². The lowest BCUT2D eigenvalue weighted by atomic mass is 9.89. The molecule has 14 aromatic rings. The summed E-state index contributed by atoms with van der Waals surface area (Å²) in [5.41, 5.74) is 19.4. The Kier molecular flexibility index (Phi) is 32.0. The molecule has 24 nitrogen and oxygen atoms in total. The fourth-order valence-electron chi connectivity index (χ4n) is 16.2. The third-order valence-electron chi connectivity index (χ3n) is 21.8. The number of aromatic nitrogens is 10. The van der Waals surface area contributed by atoms with Crippen LogP contribution in [0.5, 0.6) is 0 Å². The average Bonchev–Trinajstić information content (AvgIpc) is 1.66. The van der Waals surface area contributed by atoms with E-state index in [-0.39, 0.29) is 5.69 Å². The van der Waals surface area contributed by atoms with E-state index >= 15 is 0 Å². The summed E-state index contributed by atoms with van der Waals surface area (Å²) in [7, 11) is 4.02. The number of carbonyl (C=O) groups is 5. The second-order valence-corrected chi connectivity index (χ2v) is 37.7. The van der Waals surface area contributed by atoms with Crippen molar-refractivity contribution in [2.45, 2.75) is 212 Å². The fraction of sp³-hybridized carbons (Fsp3) is 0.333. The predicted octanol–water partition coefficient (Wildman–Crippen LogP) is 25.4. The van der Waals surface area contributed by atoms with Crippen LogP contribution in [0.25, 0.3) is 112 Å². The summed E-state index contributed by atoms with van der Waals surface area (Å²) < 4.78 is 44.2. The second kappa shape index (κ2) is 42.0. The van der Waals surface area contributed by atoms with Crippen LogP contribution in [-0.2, 0) is 65.4 Å². The molecule has 0 aliphatic rings. The number of aromatic amines is 1. The number of nitrogens with one attached hydrogen (secondary N) is 1. The topological polar surface area (TPSA) is 306 Å². The standard InChI is InChI=1S/C29H32ClN3O3.C28H30ClN3O3.C27H28ClN3O3.C21H24ClNO5/c1-8-33-22-12-10-9-11-21(22)32-27(33)25-17(2)23(19-13-15-20(30)16-14-19)24(18(3)31-25)26(28(34)35-7)36-29(4,5)6;1-7-32-21-11-9-8-10-20(21)31-26(32)24-16(2)22(18-12-14-19(29)15-13-18)23(17(3)30-24)25(27(33)34)35-28(4,5)6;1-15-21(17-11-13-18(28)14-12-17)22(24(26(32)33-6)34-27(3,4)5)16(2)29-23(15)25-30-19-9-7-8-10-20(19)31-25;1-11-15(13-7-9-14(22)10-8-13)16(12(2)23-17(11)19(24)25)18(20(26)27-6)28-21(3,4)5/h9-16,26H,8H2,1-7H3;8-15,25H,7H2,1-6H3,(H,33,34);7-14,24H,1-6H3,(H,30,31);7-10,18H,1-6H3,(H,24,25)/t26-;25-;24-;18-/m0000/s1. The lowest BCUT2D eigenvalue weighted by Crippen LogP contribution is -2.29. The Hall–Kier alpha value is -12.1. The van der Waals surface area contributed by atoms with E-state index in [9.17, 15) is 34.2 Å². The first-order valence-corrected chi connectivity index (χ1v) is 45.0. The number of benzene rings is 7. The van der Waals surface area contributed by atoms with Gasteiger partial charge in [-0.1, -0.05) is 131 Å². The molecule has 696 valence electrons. The van der Waals surface area contributed by atoms with Crippen molar-refractivity contribution in [2.24, 2.45) is 0 Å². The van der Waals surface area contributed by atoms with Gasteiger partial charge >= 0.3 is 29.8 Å². The van der Waals surface area contributed by atoms with Gasteiger partial charge < -0.3 is 57.5 Å². The molecule has 0 aliphatic carbocycles. The van der Waals surface area contributed by atoms with E-state index in [4.69, 9.17) is 109 Å². The van der Waals surface area contributed by atoms with E-state index in [1.165, 1.54) is 21.3 Å². The number of carbonyl (C=O) groups excluding carboxylic acids is 3. The maximum Gasteiger partial charge on any atom is 0.354 e. The molecule has 0 spiro atoms. The van der Waals surface area contributed by atoms with Crippen molar-refractivity contribution < 1.29 is 67.3 Å². The van der Waals surface area contributed by atoms with Crippen LogP contribution < -0.4 is 0 Å². The zero-order valence-corrected chi connectivity index (χ0v) is 82.7. The second-order valence-electron chi connectivity index (χ2n) is 36.0. The fourth-order valence-corrected chi connectivity index (χ4v) is 16.7. The number of methoxy groups -OCH3 is 3. The number of fused-ring (bicyclic) bond motifs is 3. The van der Waals surface area contributed by atoms with Crippen LogP contribution in [0.15, 0.2) is 170 Å². The maximum atomic E-state index is 13.1. The molecule has 3 N–H and O–H groups in total. The summed E-state index contributed by atoms with van der Waals surface area (Å²) in [5, 5.41) is 22.2. The lowest BCUT2D eigenvalue weighted by molar-refractivity contribution is -0.164. The number of esters is 3. The molecule has 0 unspecified atom stereocenters. The zero-order chi connectivity index (χ0) is 97.5. The Bertz CT molecular complexity index is 6630. The molecule has 0 fully saturated rings. The number of hydrogen-bond donors (Lipinski definition) is 3. The maximum absolute atomic E-state index is 13.1. The van der Waals surface area contributed by atoms with Gasteiger partial charge in [0.1, 0.15) is 17.1 Å². The third kappa shape index (κ3) is 23.4. The Morgan fingerprint density at radius 1 is 0.353 bits per heavy atom. The molecule has 0 saturated carbocycles. The molecule has 14 rings (SSSR count). The van der Waals surface area contributed by atoms with E-state index in [1.54, 1.807) is 50.2 Å². The van der Waals surface area contributed by atoms with Crippen LogP contribution in [0, 0.1) is 55.4 Å². The first-order valence-electron chi connectivity index (χ1n) is 43.5. The van der Waals surface area contributed by atoms with Gasteiger partial charge in [-0.05, 0) is 304 Å². The van der Waals surface area contributed by atoms with Crippen LogP contribution in [0.2, 0.25) is 20.1 Å². The summed E-state index contributed by atoms with van der Waals surface area (Å²) in [5.74, 6) is -1.55. The number of halogens is 4. The van der Waals surface area contributed by atoms with Gasteiger partial charge in [-0.2, -0.15) is 0 Å². The smallest absolute Gasteiger partial charge is 0.354 e. The highest BCUT2D eigenvalue weighted by molar-refractivity contribution is 6.31. The molecule has 0 bridgehead atoms. The molecule has 7 aromatic carbocycles. The summed E-state index contributed by atoms with van der Waals surface area (Å²) >= 11 is 24.6. The molecule has 0 saturated heterocycles. The number of aliphatic carboxylic acids is 1. The van der Waals surface area contributed by atoms with Gasteiger partial charge in [-0.25, -0.2) is 58.9 Å². The van der Waals surface area contributed by atoms with Crippen LogP contribution in [0.3, 0.4) is 0 Å². The molecule has 28 heteroatoms. The van der Waals surface area contributed by atoms with E-state index in [2.05, 4.69) is 39.0 Å². The van der Waals surface area contributed by atoms with Crippen molar-refractivity contribution in [3.63, 3.8) is 0 Å². The van der Waals surface area contributed by atoms with Crippen molar-refractivity contribution in [3.8, 4) is 79.1 Å². The van der Waals surface area contributed by atoms with Crippen molar-refractivity contribution in [2.75, 3.05) is 21.3 Å². The molecule has 4 atom stereocenters. The number of carboxylic acids is 2. The number of pyridine rings is 4. The van der Waals surface area contributed by atoms with Gasteiger partial charge in [0, 0.05) is 78.2 Å². The van der Waals surface area contributed by atoms with Crippen molar-refractivity contribution in [1.29, 1.82) is 0 Å². The first kappa shape index (κ1) is 101. The quantitative estimate of drug-likeness (QED) is 0.0419. The first-order chi connectivity index (χ1) is 62.6. The van der Waals surface area contributed by atoms with Crippen molar-refractivity contribution >= 4 is 109 Å². The number of carboxylic acid groups (broad SMARTS) is 2. The SMILES string of the molecule is CCn1c(-c2nc(C)c([C@H](OC(C)(C)C)C(=O)O)c(-c3ccc(Cl)cc3)c2C)nc2ccccc21.CCn1c(-c2nc(C)c([C@H](OC(C)(C)C)C(=O)OC)c(-c3ccc(Cl)cc3)c2C)nc2ccccc21.COC(=O)[C@@H](OC(C)(C)C)c1c(C)nc(-c2nc3ccccc3[nH]2)c(C)c1-c1ccc(Cl)cc1.COC(=O)[C@@H](OC(C)(C)C)c1c(C)nc(C(=O)O)c(C)c1-c1ccc(Cl)cc1. The lowest BCUT2D eigenvalue weighted by Gasteiger charge is -2.29. The summed E-state index contributed by atoms with van der Waals surface area (Å²) in [4.78, 5) is 99.8. The van der Waals surface area contributed by atoms with Crippen LogP contribution >= 0.6 is 46.4 Å². The van der Waals surface area contributed by atoms with E-state index in [1.807, 2.05) is 252 Å². The highest BCUT2D eigenvalue weighted by atomic mass is 35.5. The minimum Gasteiger partial charge on any atom is -0.479 e. The zero-order valence-electron chi connectivity index (χ0n) is 79.7. The third-order valence-corrected chi connectivity index (χ3v) is 22.8. The van der Waals surface area contributed by atoms with Gasteiger partial charge in [0.15, 0.2) is 47.6 Å². The molecule has 0 radical (unpaired) electrons. The number of H-pyrrole nitrogens is 1. The molecular weight excluding hydrogens is 1770 g/mol. The molecular formula is C105H114Cl4N10O14. The van der Waals surface area contributed by atoms with E-state index in [0.717, 1.165) is 114 Å². The van der Waals surface area contributed by atoms with Crippen LogP contribution in [-0.4, -0.2) is 133 Å². The minimum absolute atomic E-state index is 0.0782. The number of hydrogen-bond acceptors (Lipinski definition) is 19. The monoisotopic (exact) mass is 1880 g/mol. The normalized spacial score (nSPS) is 12.7. The Morgan fingerprint density at radius 2 is 0.632 bits per heavy atom. The van der Waals surface area contributed by atoms with E-state index in [0.29, 0.717) is 99.0 Å². The molecule has 7 aromatic heterocycles. The van der Waals surface area contributed by atoms with Crippen LogP contribution in [0.1, 0.15) is 199 Å². The Morgan fingerprint density at radius 3 is 0.932 bits per heavy atom. The molecule has 0 aliphatic heterocycles. The number of ether oxygens (including phenoxy) is 7. The summed E-state index contributed by atoms with van der Waals surface area (Å²) in [6.07, 6.45) is -4.16. The van der Waals surface area contributed by atoms with Crippen LogP contribution in [0.4, 0.5) is 0 Å². The van der Waals surface area contributed by atoms with Gasteiger partial charge in [0.25, 0.3) is 0 Å². The van der Waals surface area contributed by atoms with Crippen molar-refractivity contribution in [3.05, 3.63) is 263 Å². The predicted molar refractivity (Wildman–Crippen MR) is 525 cm³/mol. The number of nitrogens with zero attached hydrogens (tertiary/aromatic N) is 9.